The zero-order valence-corrected chi connectivity index (χ0v) is 23.9. The summed E-state index contributed by atoms with van der Waals surface area (Å²) >= 11 is 0. The molecule has 4 rings (SSSR count). The first-order valence-corrected chi connectivity index (χ1v) is 14.8. The van der Waals surface area contributed by atoms with Gasteiger partial charge in [0.2, 0.25) is 0 Å². The van der Waals surface area contributed by atoms with Crippen LogP contribution in [0.2, 0.25) is 0 Å². The number of carbonyl (C=O) groups excluding carboxylic acids is 1. The number of rotatable bonds is 10. The third kappa shape index (κ3) is 7.83. The number of hydrogen-bond acceptors (Lipinski definition) is 3. The minimum absolute atomic E-state index is 0.259. The van der Waals surface area contributed by atoms with Crippen molar-refractivity contribution in [2.24, 2.45) is 0 Å². The molecule has 1 aromatic rings. The summed E-state index contributed by atoms with van der Waals surface area (Å²) in [6.07, 6.45) is 18.0. The molecule has 1 aliphatic carbocycles. The maximum Gasteiger partial charge on any atom is 0.254 e. The van der Waals surface area contributed by atoms with Crippen LogP contribution in [-0.4, -0.2) is 54.5 Å². The van der Waals surface area contributed by atoms with Crippen molar-refractivity contribution in [1.29, 1.82) is 0 Å². The molecule has 1 saturated carbocycles. The van der Waals surface area contributed by atoms with Crippen LogP contribution in [0.5, 0.6) is 0 Å². The summed E-state index contributed by atoms with van der Waals surface area (Å²) in [5.74, 6) is 0.259. The fourth-order valence-electron chi connectivity index (χ4n) is 6.03. The minimum Gasteiger partial charge on any atom is -0.369 e. The zero-order chi connectivity index (χ0) is 26.2. The largest absolute Gasteiger partial charge is 0.369 e. The van der Waals surface area contributed by atoms with Gasteiger partial charge in [0.15, 0.2) is 0 Å². The van der Waals surface area contributed by atoms with Gasteiger partial charge in [0, 0.05) is 56.6 Å². The zero-order valence-electron chi connectivity index (χ0n) is 23.9. The van der Waals surface area contributed by atoms with E-state index in [9.17, 15) is 4.79 Å². The highest BCUT2D eigenvalue weighted by Gasteiger charge is 2.33. The Bertz CT molecular complexity index is 1000. The van der Waals surface area contributed by atoms with Crippen LogP contribution in [0.25, 0.3) is 0 Å². The summed E-state index contributed by atoms with van der Waals surface area (Å²) in [6.45, 7) is 15.1. The average molecular weight is 504 g/mol. The monoisotopic (exact) mass is 503 g/mol. The molecule has 2 fully saturated rings. The van der Waals surface area contributed by atoms with Crippen molar-refractivity contribution in [2.45, 2.75) is 98.1 Å². The van der Waals surface area contributed by atoms with E-state index in [2.05, 4.69) is 78.8 Å². The molecular formula is C33H49N3O. The van der Waals surface area contributed by atoms with Gasteiger partial charge in [-0.05, 0) is 90.0 Å². The predicted octanol–water partition coefficient (Wildman–Crippen LogP) is 7.52. The highest BCUT2D eigenvalue weighted by molar-refractivity contribution is 5.99. The van der Waals surface area contributed by atoms with Crippen molar-refractivity contribution in [2.75, 3.05) is 37.6 Å². The van der Waals surface area contributed by atoms with E-state index in [0.29, 0.717) is 6.04 Å². The first kappa shape index (κ1) is 27.7. The van der Waals surface area contributed by atoms with Gasteiger partial charge in [-0.15, -0.1) is 0 Å². The number of hydrogen-bond donors (Lipinski definition) is 0. The smallest absolute Gasteiger partial charge is 0.254 e. The number of benzene rings is 1. The van der Waals surface area contributed by atoms with E-state index in [1.54, 1.807) is 0 Å². The number of piperazine rings is 1. The van der Waals surface area contributed by atoms with Gasteiger partial charge in [-0.2, -0.15) is 0 Å². The number of allylic oxidation sites excluding steroid dienone is 5. The van der Waals surface area contributed by atoms with Crippen LogP contribution in [0.15, 0.2) is 53.1 Å². The number of anilines is 1. The lowest BCUT2D eigenvalue weighted by Crippen LogP contribution is -2.46. The van der Waals surface area contributed by atoms with Gasteiger partial charge in [0.05, 0.1) is 0 Å². The van der Waals surface area contributed by atoms with E-state index in [0.717, 1.165) is 64.1 Å². The van der Waals surface area contributed by atoms with E-state index < -0.39 is 0 Å². The van der Waals surface area contributed by atoms with Gasteiger partial charge < -0.3 is 9.80 Å². The molecule has 0 radical (unpaired) electrons. The average Bonchev–Trinajstić information content (AvgIpc) is 3.23. The summed E-state index contributed by atoms with van der Waals surface area (Å²) in [5.41, 5.74) is 7.88. The van der Waals surface area contributed by atoms with Gasteiger partial charge in [-0.1, -0.05) is 54.2 Å². The molecule has 1 aromatic carbocycles. The quantitative estimate of drug-likeness (QED) is 0.309. The van der Waals surface area contributed by atoms with Crippen molar-refractivity contribution in [3.05, 3.63) is 64.3 Å². The van der Waals surface area contributed by atoms with E-state index in [4.69, 9.17) is 0 Å². The Morgan fingerprint density at radius 2 is 1.54 bits per heavy atom. The molecule has 2 heterocycles. The Morgan fingerprint density at radius 1 is 0.865 bits per heavy atom. The summed E-state index contributed by atoms with van der Waals surface area (Å²) < 4.78 is 0. The van der Waals surface area contributed by atoms with Crippen LogP contribution >= 0.6 is 0 Å². The molecule has 0 bridgehead atoms. The maximum atomic E-state index is 13.0. The lowest BCUT2D eigenvalue weighted by atomic mass is 9.94. The summed E-state index contributed by atoms with van der Waals surface area (Å²) in [6, 6.07) is 7.01. The summed E-state index contributed by atoms with van der Waals surface area (Å²) in [7, 11) is 0. The van der Waals surface area contributed by atoms with Gasteiger partial charge in [0.1, 0.15) is 0 Å². The topological polar surface area (TPSA) is 26.8 Å². The predicted molar refractivity (Wildman–Crippen MR) is 157 cm³/mol. The molecule has 1 amide bonds. The standard InChI is InChI=1S/C33H49N3O/c1-26(2)10-8-11-27(3)12-9-13-28(4)18-19-34-20-22-35(23-21-34)31-16-17-32-29(24-31)25-36(33(32)37)30-14-6-5-7-15-30/h10,12,16-18,24,30H,5-9,11,13-15,19-23,25H2,1-4H3/b27-12+,28-18+. The molecule has 37 heavy (non-hydrogen) atoms. The van der Waals surface area contributed by atoms with Crippen LogP contribution < -0.4 is 4.90 Å². The van der Waals surface area contributed by atoms with Crippen LogP contribution in [-0.2, 0) is 6.54 Å². The normalized spacial score (nSPS) is 19.9. The molecule has 4 nitrogen and oxygen atoms in total. The SMILES string of the molecule is CC(C)=CCC/C(C)=C/CC/C(C)=C/CN1CCN(c2ccc3c(c2)CN(C2CCCCC2)C3=O)CC1. The number of amides is 1. The van der Waals surface area contributed by atoms with Crippen molar-refractivity contribution in [3.63, 3.8) is 0 Å². The van der Waals surface area contributed by atoms with Crippen LogP contribution in [0.1, 0.15) is 101 Å². The lowest BCUT2D eigenvalue weighted by molar-refractivity contribution is 0.0660. The van der Waals surface area contributed by atoms with E-state index >= 15 is 0 Å². The summed E-state index contributed by atoms with van der Waals surface area (Å²) in [4.78, 5) is 20.2. The highest BCUT2D eigenvalue weighted by atomic mass is 16.2. The second kappa shape index (κ2) is 13.5. The summed E-state index contributed by atoms with van der Waals surface area (Å²) in [5, 5.41) is 0. The Morgan fingerprint density at radius 3 is 2.24 bits per heavy atom. The third-order valence-corrected chi connectivity index (χ3v) is 8.49. The van der Waals surface area contributed by atoms with Gasteiger partial charge >= 0.3 is 0 Å². The van der Waals surface area contributed by atoms with Crippen molar-refractivity contribution in [1.82, 2.24) is 9.80 Å². The van der Waals surface area contributed by atoms with Gasteiger partial charge in [0.25, 0.3) is 5.91 Å². The molecule has 4 heteroatoms. The van der Waals surface area contributed by atoms with Crippen LogP contribution in [0.3, 0.4) is 0 Å². The Kier molecular flexibility index (Phi) is 10.1. The van der Waals surface area contributed by atoms with Crippen LogP contribution in [0, 0.1) is 0 Å². The molecule has 0 N–H and O–H groups in total. The van der Waals surface area contributed by atoms with Crippen molar-refractivity contribution >= 4 is 11.6 Å². The molecule has 202 valence electrons. The van der Waals surface area contributed by atoms with Crippen molar-refractivity contribution < 1.29 is 4.79 Å². The van der Waals surface area contributed by atoms with Gasteiger partial charge in [-0.3, -0.25) is 9.69 Å². The van der Waals surface area contributed by atoms with E-state index in [1.165, 1.54) is 66.5 Å². The highest BCUT2D eigenvalue weighted by Crippen LogP contribution is 2.33. The number of nitrogens with zero attached hydrogens (tertiary/aromatic N) is 3. The second-order valence-electron chi connectivity index (χ2n) is 11.8. The fourth-order valence-corrected chi connectivity index (χ4v) is 6.03. The van der Waals surface area contributed by atoms with E-state index in [-0.39, 0.29) is 5.91 Å². The third-order valence-electron chi connectivity index (χ3n) is 8.49. The number of carbonyl (C=O) groups is 1. The first-order chi connectivity index (χ1) is 17.9. The Hall–Kier alpha value is -2.33. The molecule has 0 aromatic heterocycles. The first-order valence-electron chi connectivity index (χ1n) is 14.8. The number of fused-ring (bicyclic) bond motifs is 1. The molecule has 0 spiro atoms. The van der Waals surface area contributed by atoms with Gasteiger partial charge in [-0.25, -0.2) is 0 Å². The van der Waals surface area contributed by atoms with Crippen molar-refractivity contribution in [3.8, 4) is 0 Å². The van der Waals surface area contributed by atoms with Crippen LogP contribution in [0.4, 0.5) is 5.69 Å². The maximum absolute atomic E-state index is 13.0. The molecule has 3 aliphatic rings. The fraction of sp³-hybridized carbons (Fsp3) is 0.606. The molecule has 0 atom stereocenters. The molecule has 0 unspecified atom stereocenters. The molecule has 2 aliphatic heterocycles. The second-order valence-corrected chi connectivity index (χ2v) is 11.8. The Labute approximate surface area is 226 Å². The lowest BCUT2D eigenvalue weighted by Gasteiger charge is -2.36. The molecular weight excluding hydrogens is 454 g/mol. The van der Waals surface area contributed by atoms with E-state index in [1.807, 2.05) is 0 Å². The minimum atomic E-state index is 0.259. The Balaban J connectivity index is 1.20. The molecule has 1 saturated heterocycles.